The first kappa shape index (κ1) is 33.4. The fourth-order valence-electron chi connectivity index (χ4n) is 5.89. The fraction of sp³-hybridized carbons (Fsp3) is 0.917. The number of nitrogens with two attached hydrogens (primary N) is 5. The van der Waals surface area contributed by atoms with Gasteiger partial charge >= 0.3 is 5.95 Å². The van der Waals surface area contributed by atoms with Crippen molar-refractivity contribution in [1.82, 2.24) is 10.6 Å². The number of fused-ring (bicyclic) bond motifs is 1. The van der Waals surface area contributed by atoms with Gasteiger partial charge < -0.3 is 93.6 Å². The van der Waals surface area contributed by atoms with E-state index in [0.717, 1.165) is 0 Å². The van der Waals surface area contributed by atoms with Crippen LogP contribution in [0.5, 0.6) is 0 Å². The van der Waals surface area contributed by atoms with Gasteiger partial charge in [0.2, 0.25) is 12.0 Å². The Labute approximate surface area is 243 Å². The Kier molecular flexibility index (Phi) is 11.2. The van der Waals surface area contributed by atoms with E-state index in [0.29, 0.717) is 0 Å². The smallest absolute Gasteiger partial charge is 0.324 e. The molecule has 0 aromatic heterocycles. The summed E-state index contributed by atoms with van der Waals surface area (Å²) in [5.74, 6) is -1.15. The van der Waals surface area contributed by atoms with Gasteiger partial charge in [-0.15, -0.1) is 0 Å². The molecule has 9 unspecified atom stereocenters. The molecule has 0 aromatic carbocycles. The normalized spacial score (nSPS) is 46.3. The lowest BCUT2D eigenvalue weighted by atomic mass is 9.84. The summed E-state index contributed by atoms with van der Waals surface area (Å²) in [5.41, 5.74) is 29.6. The number of aliphatic hydroxyl groups excluding tert-OH is 6. The van der Waals surface area contributed by atoms with Gasteiger partial charge in [-0.25, -0.2) is 0 Å². The van der Waals surface area contributed by atoms with E-state index >= 15 is 0 Å². The molecule has 18 nitrogen and oxygen atoms in total. The summed E-state index contributed by atoms with van der Waals surface area (Å²) in [6.45, 7) is -0.254. The molecule has 1 aliphatic carbocycles. The summed E-state index contributed by atoms with van der Waals surface area (Å²) < 4.78 is 29.5. The van der Waals surface area contributed by atoms with Crippen LogP contribution in [0.15, 0.2) is 11.7 Å². The highest BCUT2D eigenvalue weighted by Crippen LogP contribution is 2.36. The van der Waals surface area contributed by atoms with Gasteiger partial charge in [0.25, 0.3) is 0 Å². The topological polar surface area (TPSA) is 322 Å². The third-order valence-corrected chi connectivity index (χ3v) is 8.42. The number of nitrogens with one attached hydrogen (secondary N) is 2. The first-order valence-electron chi connectivity index (χ1n) is 14.1. The lowest BCUT2D eigenvalue weighted by Gasteiger charge is -2.50. The minimum Gasteiger partial charge on any atom is -0.504 e. The molecule has 0 spiro atoms. The fourth-order valence-corrected chi connectivity index (χ4v) is 5.89. The predicted molar refractivity (Wildman–Crippen MR) is 144 cm³/mol. The van der Waals surface area contributed by atoms with Crippen molar-refractivity contribution in [3.8, 4) is 0 Å². The van der Waals surface area contributed by atoms with Crippen LogP contribution in [0.25, 0.3) is 0 Å². The molecule has 0 aromatic rings. The van der Waals surface area contributed by atoms with Gasteiger partial charge in [0.15, 0.2) is 6.29 Å². The zero-order valence-electron chi connectivity index (χ0n) is 23.4. The van der Waals surface area contributed by atoms with Gasteiger partial charge in [-0.3, -0.25) is 0 Å². The van der Waals surface area contributed by atoms with Crippen molar-refractivity contribution in [2.75, 3.05) is 26.7 Å². The largest absolute Gasteiger partial charge is 0.504 e. The number of hydrogen-bond acceptors (Lipinski definition) is 18. The molecule has 0 bridgehead atoms. The quantitative estimate of drug-likeness (QED) is 0.109. The van der Waals surface area contributed by atoms with Gasteiger partial charge in [-0.1, -0.05) is 0 Å². The molecular weight excluding hydrogens is 562 g/mol. The average Bonchev–Trinajstić information content (AvgIpc) is 2.96. The zero-order valence-corrected chi connectivity index (χ0v) is 23.4. The molecule has 42 heavy (non-hydrogen) atoms. The van der Waals surface area contributed by atoms with Crippen LogP contribution >= 0.6 is 0 Å². The third-order valence-electron chi connectivity index (χ3n) is 8.42. The average molecular weight is 610 g/mol. The van der Waals surface area contributed by atoms with Crippen LogP contribution in [0.4, 0.5) is 0 Å². The molecule has 18 heteroatoms. The number of ether oxygens (including phenoxy) is 5. The van der Waals surface area contributed by atoms with Crippen LogP contribution in [0.1, 0.15) is 12.8 Å². The molecule has 18 N–H and O–H groups in total. The Hall–Kier alpha value is -1.46. The summed E-state index contributed by atoms with van der Waals surface area (Å²) in [6.07, 6.45) is -11.2. The van der Waals surface area contributed by atoms with E-state index in [1.165, 1.54) is 0 Å². The Morgan fingerprint density at radius 1 is 0.905 bits per heavy atom. The van der Waals surface area contributed by atoms with E-state index in [2.05, 4.69) is 10.6 Å². The molecule has 3 fully saturated rings. The first-order valence-corrected chi connectivity index (χ1v) is 14.1. The van der Waals surface area contributed by atoms with E-state index in [4.69, 9.17) is 52.4 Å². The third kappa shape index (κ3) is 6.63. The number of aliphatic hydroxyl groups is 6. The van der Waals surface area contributed by atoms with Crippen molar-refractivity contribution in [2.45, 2.75) is 111 Å². The Balaban J connectivity index is 1.46. The first-order chi connectivity index (χ1) is 19.9. The molecule has 3 aliphatic heterocycles. The second kappa shape index (κ2) is 14.1. The van der Waals surface area contributed by atoms with Crippen molar-refractivity contribution < 1.29 is 54.3 Å². The van der Waals surface area contributed by atoms with E-state index in [9.17, 15) is 30.6 Å². The maximum Gasteiger partial charge on any atom is 0.324 e. The molecule has 4 rings (SSSR count). The van der Waals surface area contributed by atoms with Crippen LogP contribution in [-0.4, -0.2) is 155 Å². The zero-order chi connectivity index (χ0) is 30.9. The lowest BCUT2D eigenvalue weighted by molar-refractivity contribution is -0.336. The predicted octanol–water partition coefficient (Wildman–Crippen LogP) is -6.99. The van der Waals surface area contributed by atoms with Crippen LogP contribution in [0, 0.1) is 0 Å². The standard InChI is InChI=1S/C24H47N7O11/c1-30-14-17(35)21-11(3-10(29)22(41-21)40-20-9(28)2-8(27)15(33)18(20)36)38-23(14)42-24-19(37)16(34)13(12(6-32)39-24)31-7(4-25)5-26/h7-18,20-23,30-37H,2-6,25-29H2,1H3/t8-,9?,10?,11+,12?,13-,14?,15?,16?,17?,18-,20-,21?,22+,23?/m1/s1. The monoisotopic (exact) mass is 609 g/mol. The molecule has 244 valence electrons. The van der Waals surface area contributed by atoms with Crippen molar-refractivity contribution in [2.24, 2.45) is 28.7 Å². The Morgan fingerprint density at radius 3 is 2.21 bits per heavy atom. The second-order valence-electron chi connectivity index (χ2n) is 11.3. The summed E-state index contributed by atoms with van der Waals surface area (Å²) in [7, 11) is 1.54. The van der Waals surface area contributed by atoms with Crippen LogP contribution in [0.3, 0.4) is 0 Å². The van der Waals surface area contributed by atoms with Gasteiger partial charge in [0.1, 0.15) is 36.6 Å². The lowest BCUT2D eigenvalue weighted by Crippen LogP contribution is -2.69. The van der Waals surface area contributed by atoms with E-state index < -0.39 is 116 Å². The minimum atomic E-state index is -1.54. The van der Waals surface area contributed by atoms with E-state index in [1.54, 1.807) is 7.05 Å². The molecule has 1 saturated carbocycles. The molecule has 15 atom stereocenters. The van der Waals surface area contributed by atoms with Gasteiger partial charge in [0.05, 0.1) is 36.9 Å². The highest BCUT2D eigenvalue weighted by molar-refractivity contribution is 5.12. The SMILES string of the molecule is CNC1C(OC2=C(O)C(O)[C@H](NC(CN)CN)C(CO)O2)O[C@H]2CC(N)[C@@H](O[C@@H]3C(N)C[C@@H](N)C(O)[C@H]3O)OC2C1O. The van der Waals surface area contributed by atoms with Gasteiger partial charge in [-0.2, -0.15) is 0 Å². The second-order valence-corrected chi connectivity index (χ2v) is 11.3. The minimum absolute atomic E-state index is 0.127. The van der Waals surface area contributed by atoms with Crippen LogP contribution in [-0.2, 0) is 23.7 Å². The highest BCUT2D eigenvalue weighted by atomic mass is 16.8. The maximum atomic E-state index is 11.2. The molecule has 0 radical (unpaired) electrons. The molecule has 3 heterocycles. The molecular formula is C24H47N7O11. The summed E-state index contributed by atoms with van der Waals surface area (Å²) >= 11 is 0. The summed E-state index contributed by atoms with van der Waals surface area (Å²) in [6, 6.07) is -4.50. The van der Waals surface area contributed by atoms with Crippen molar-refractivity contribution in [3.63, 3.8) is 0 Å². The van der Waals surface area contributed by atoms with E-state index in [-0.39, 0.29) is 25.9 Å². The van der Waals surface area contributed by atoms with Crippen molar-refractivity contribution >= 4 is 0 Å². The number of likely N-dealkylation sites (N-methyl/N-ethyl adjacent to an activating group) is 1. The van der Waals surface area contributed by atoms with Gasteiger partial charge in [-0.05, 0) is 19.9 Å². The Morgan fingerprint density at radius 2 is 1.60 bits per heavy atom. The van der Waals surface area contributed by atoms with Crippen molar-refractivity contribution in [3.05, 3.63) is 11.7 Å². The van der Waals surface area contributed by atoms with Gasteiger partial charge in [0, 0.05) is 31.2 Å². The molecule has 0 amide bonds. The van der Waals surface area contributed by atoms with Crippen LogP contribution < -0.4 is 39.3 Å². The molecule has 2 saturated heterocycles. The highest BCUT2D eigenvalue weighted by Gasteiger charge is 2.53. The number of rotatable bonds is 10. The summed E-state index contributed by atoms with van der Waals surface area (Å²) in [4.78, 5) is 0. The van der Waals surface area contributed by atoms with E-state index in [1.807, 2.05) is 0 Å². The Bertz CT molecular complexity index is 918. The summed E-state index contributed by atoms with van der Waals surface area (Å²) in [5, 5.41) is 69.2. The number of hydrogen-bond donors (Lipinski definition) is 13. The maximum absolute atomic E-state index is 11.2. The molecule has 4 aliphatic rings. The van der Waals surface area contributed by atoms with Crippen LogP contribution in [0.2, 0.25) is 0 Å². The van der Waals surface area contributed by atoms with Crippen molar-refractivity contribution in [1.29, 1.82) is 0 Å².